The topological polar surface area (TPSA) is 125 Å². The fourth-order valence-corrected chi connectivity index (χ4v) is 5.05. The van der Waals surface area contributed by atoms with Crippen molar-refractivity contribution in [1.29, 1.82) is 5.26 Å². The van der Waals surface area contributed by atoms with Crippen LogP contribution < -0.4 is 11.2 Å². The average molecular weight is 443 g/mol. The van der Waals surface area contributed by atoms with Crippen LogP contribution in [-0.2, 0) is 21.4 Å². The lowest BCUT2D eigenvalue weighted by Crippen LogP contribution is -2.52. The Labute approximate surface area is 178 Å². The van der Waals surface area contributed by atoms with Crippen LogP contribution in [-0.4, -0.2) is 58.8 Å². The molecule has 1 amide bonds. The molecular formula is C20H21N5O5S. The van der Waals surface area contributed by atoms with Crippen molar-refractivity contribution in [2.75, 3.05) is 26.2 Å². The quantitative estimate of drug-likeness (QED) is 0.627. The van der Waals surface area contributed by atoms with E-state index in [0.717, 1.165) is 17.4 Å². The lowest BCUT2D eigenvalue weighted by atomic mass is 10.3. The third-order valence-corrected chi connectivity index (χ3v) is 7.43. The minimum absolute atomic E-state index is 0.0479. The third kappa shape index (κ3) is 4.04. The molecule has 4 rings (SSSR count). The Kier molecular flexibility index (Phi) is 5.51. The highest BCUT2D eigenvalue weighted by atomic mass is 32.2. The van der Waals surface area contributed by atoms with E-state index in [1.165, 1.54) is 32.1 Å². The minimum atomic E-state index is -3.65. The van der Waals surface area contributed by atoms with Gasteiger partial charge in [-0.15, -0.1) is 0 Å². The molecule has 1 saturated heterocycles. The number of carbonyl (C=O) groups excluding carboxylic acids is 1. The van der Waals surface area contributed by atoms with E-state index in [-0.39, 0.29) is 42.7 Å². The summed E-state index contributed by atoms with van der Waals surface area (Å²) in [6.45, 7) is 0.0406. The molecule has 1 saturated carbocycles. The van der Waals surface area contributed by atoms with E-state index in [1.807, 2.05) is 0 Å². The van der Waals surface area contributed by atoms with Gasteiger partial charge < -0.3 is 4.90 Å². The lowest BCUT2D eigenvalue weighted by molar-refractivity contribution is -0.133. The Hall–Kier alpha value is -3.23. The van der Waals surface area contributed by atoms with Crippen molar-refractivity contribution in [3.63, 3.8) is 0 Å². The Bertz CT molecular complexity index is 1260. The van der Waals surface area contributed by atoms with E-state index in [4.69, 9.17) is 0 Å². The number of hydrogen-bond acceptors (Lipinski definition) is 6. The van der Waals surface area contributed by atoms with Crippen LogP contribution in [0.25, 0.3) is 0 Å². The number of piperazine rings is 1. The molecule has 31 heavy (non-hydrogen) atoms. The molecule has 1 aromatic carbocycles. The fourth-order valence-electron chi connectivity index (χ4n) is 3.61. The van der Waals surface area contributed by atoms with Gasteiger partial charge in [0.05, 0.1) is 4.90 Å². The lowest BCUT2D eigenvalue weighted by Gasteiger charge is -2.34. The van der Waals surface area contributed by atoms with Gasteiger partial charge in [-0.2, -0.15) is 9.57 Å². The van der Waals surface area contributed by atoms with Crippen molar-refractivity contribution >= 4 is 15.9 Å². The van der Waals surface area contributed by atoms with E-state index in [2.05, 4.69) is 0 Å². The van der Waals surface area contributed by atoms with Crippen molar-refractivity contribution in [1.82, 2.24) is 18.3 Å². The molecule has 2 heterocycles. The molecule has 2 aliphatic rings. The first kappa shape index (κ1) is 21.0. The smallest absolute Gasteiger partial charge is 0.331 e. The van der Waals surface area contributed by atoms with Crippen molar-refractivity contribution < 1.29 is 13.2 Å². The third-order valence-electron chi connectivity index (χ3n) is 5.52. The second-order valence-corrected chi connectivity index (χ2v) is 9.50. The molecule has 11 heteroatoms. The van der Waals surface area contributed by atoms with Crippen LogP contribution in [0, 0.1) is 11.3 Å². The van der Waals surface area contributed by atoms with Crippen LogP contribution in [0.15, 0.2) is 51.0 Å². The molecule has 1 aliphatic heterocycles. The van der Waals surface area contributed by atoms with Gasteiger partial charge >= 0.3 is 5.69 Å². The summed E-state index contributed by atoms with van der Waals surface area (Å²) in [4.78, 5) is 39.5. The summed E-state index contributed by atoms with van der Waals surface area (Å²) >= 11 is 0. The van der Waals surface area contributed by atoms with Gasteiger partial charge in [0.25, 0.3) is 5.56 Å². The van der Waals surface area contributed by atoms with Crippen LogP contribution in [0.5, 0.6) is 0 Å². The van der Waals surface area contributed by atoms with Gasteiger partial charge in [-0.1, -0.05) is 18.2 Å². The maximum absolute atomic E-state index is 12.8. The number of rotatable bonds is 5. The largest absolute Gasteiger partial charge is 0.338 e. The van der Waals surface area contributed by atoms with Crippen LogP contribution in [0.3, 0.4) is 0 Å². The molecule has 10 nitrogen and oxygen atoms in total. The number of hydrogen-bond donors (Lipinski definition) is 0. The maximum atomic E-state index is 12.8. The Morgan fingerprint density at radius 2 is 1.71 bits per heavy atom. The molecule has 0 unspecified atom stereocenters. The van der Waals surface area contributed by atoms with Crippen LogP contribution in [0.2, 0.25) is 0 Å². The number of carbonyl (C=O) groups is 1. The van der Waals surface area contributed by atoms with Gasteiger partial charge in [-0.05, 0) is 25.0 Å². The zero-order valence-corrected chi connectivity index (χ0v) is 17.5. The Morgan fingerprint density at radius 1 is 1.06 bits per heavy atom. The number of nitriles is 1. The zero-order valence-electron chi connectivity index (χ0n) is 16.7. The van der Waals surface area contributed by atoms with Crippen molar-refractivity contribution in [2.45, 2.75) is 30.3 Å². The second kappa shape index (κ2) is 8.13. The van der Waals surface area contributed by atoms with Crippen molar-refractivity contribution in [3.8, 4) is 6.07 Å². The zero-order chi connectivity index (χ0) is 22.2. The molecule has 162 valence electrons. The SMILES string of the molecule is N#Cc1cn(C2CC2)c(=O)n(CC(=O)N2CCN(S(=O)(=O)c3ccccc3)CC2)c1=O. The molecule has 2 aromatic rings. The first-order valence-corrected chi connectivity index (χ1v) is 11.4. The van der Waals surface area contributed by atoms with Gasteiger partial charge in [0.1, 0.15) is 18.2 Å². The second-order valence-electron chi connectivity index (χ2n) is 7.56. The fraction of sp³-hybridized carbons (Fsp3) is 0.400. The van der Waals surface area contributed by atoms with E-state index in [9.17, 15) is 28.1 Å². The average Bonchev–Trinajstić information content (AvgIpc) is 3.62. The van der Waals surface area contributed by atoms with E-state index in [1.54, 1.807) is 24.3 Å². The summed E-state index contributed by atoms with van der Waals surface area (Å²) in [5.74, 6) is -0.464. The van der Waals surface area contributed by atoms with E-state index >= 15 is 0 Å². The summed E-state index contributed by atoms with van der Waals surface area (Å²) in [7, 11) is -3.65. The van der Waals surface area contributed by atoms with Gasteiger partial charge in [0.2, 0.25) is 15.9 Å². The molecule has 1 aliphatic carbocycles. The molecule has 0 radical (unpaired) electrons. The van der Waals surface area contributed by atoms with Crippen LogP contribution >= 0.6 is 0 Å². The van der Waals surface area contributed by atoms with Crippen LogP contribution in [0.4, 0.5) is 0 Å². The first-order chi connectivity index (χ1) is 14.8. The van der Waals surface area contributed by atoms with Gasteiger partial charge in [0.15, 0.2) is 0 Å². The standard InChI is InChI=1S/C20H21N5O5S/c21-12-15-13-24(16-6-7-16)20(28)25(19(15)27)14-18(26)22-8-10-23(11-9-22)31(29,30)17-4-2-1-3-5-17/h1-5,13,16H,6-11,14H2. The highest BCUT2D eigenvalue weighted by Crippen LogP contribution is 2.33. The van der Waals surface area contributed by atoms with Crippen LogP contribution in [0.1, 0.15) is 24.4 Å². The highest BCUT2D eigenvalue weighted by Gasteiger charge is 2.31. The number of benzene rings is 1. The molecule has 1 aromatic heterocycles. The Balaban J connectivity index is 1.48. The summed E-state index contributed by atoms with van der Waals surface area (Å²) in [5, 5.41) is 9.21. The molecule has 0 N–H and O–H groups in total. The Morgan fingerprint density at radius 3 is 2.29 bits per heavy atom. The first-order valence-electron chi connectivity index (χ1n) is 9.92. The van der Waals surface area contributed by atoms with Crippen molar-refractivity contribution in [3.05, 3.63) is 62.9 Å². The maximum Gasteiger partial charge on any atom is 0.331 e. The molecule has 2 fully saturated rings. The van der Waals surface area contributed by atoms with Gasteiger partial charge in [-0.25, -0.2) is 17.8 Å². The normalized spacial score (nSPS) is 17.3. The molecule has 0 atom stereocenters. The van der Waals surface area contributed by atoms with Gasteiger partial charge in [-0.3, -0.25) is 14.2 Å². The monoisotopic (exact) mass is 443 g/mol. The summed E-state index contributed by atoms with van der Waals surface area (Å²) in [6, 6.07) is 9.80. The highest BCUT2D eigenvalue weighted by molar-refractivity contribution is 7.89. The summed E-state index contributed by atoms with van der Waals surface area (Å²) in [6.07, 6.45) is 2.83. The van der Waals surface area contributed by atoms with Gasteiger partial charge in [0, 0.05) is 38.4 Å². The molecular weight excluding hydrogens is 422 g/mol. The number of nitrogens with zero attached hydrogens (tertiary/aromatic N) is 5. The number of sulfonamides is 1. The number of amides is 1. The molecule has 0 spiro atoms. The summed E-state index contributed by atoms with van der Waals surface area (Å²) in [5.41, 5.74) is -1.58. The predicted molar refractivity (Wildman–Crippen MR) is 110 cm³/mol. The van der Waals surface area contributed by atoms with E-state index < -0.39 is 33.7 Å². The molecule has 0 bridgehead atoms. The minimum Gasteiger partial charge on any atom is -0.338 e. The van der Waals surface area contributed by atoms with Crippen molar-refractivity contribution in [2.24, 2.45) is 0 Å². The summed E-state index contributed by atoms with van der Waals surface area (Å²) < 4.78 is 28.9. The van der Waals surface area contributed by atoms with E-state index in [0.29, 0.717) is 0 Å². The number of aromatic nitrogens is 2. The predicted octanol–water partition coefficient (Wildman–Crippen LogP) is -0.250.